The summed E-state index contributed by atoms with van der Waals surface area (Å²) in [6, 6.07) is 6.90. The molecule has 0 bridgehead atoms. The Balaban J connectivity index is 2.39. The molecule has 1 aliphatic heterocycles. The van der Waals surface area contributed by atoms with Crippen LogP contribution in [0.3, 0.4) is 0 Å². The molecule has 22 heavy (non-hydrogen) atoms. The third kappa shape index (κ3) is 3.33. The van der Waals surface area contributed by atoms with E-state index >= 15 is 0 Å². The molecule has 1 aromatic rings. The van der Waals surface area contributed by atoms with Crippen molar-refractivity contribution in [2.24, 2.45) is 0 Å². The Morgan fingerprint density at radius 3 is 2.27 bits per heavy atom. The Bertz CT molecular complexity index is 645. The minimum Gasteiger partial charge on any atom is -0.336 e. The van der Waals surface area contributed by atoms with Gasteiger partial charge in [-0.1, -0.05) is 12.1 Å². The SMILES string of the molecule is CC(C)S(=O)(=O)c1ccccc1C(=O)N1C[C@@H](C)N[C@H](C)C1. The van der Waals surface area contributed by atoms with Crippen molar-refractivity contribution < 1.29 is 13.2 Å². The quantitative estimate of drug-likeness (QED) is 0.919. The summed E-state index contributed by atoms with van der Waals surface area (Å²) in [5.74, 6) is -0.208. The van der Waals surface area contributed by atoms with Crippen LogP contribution in [-0.2, 0) is 9.84 Å². The first-order valence-corrected chi connectivity index (χ1v) is 9.16. The number of rotatable bonds is 3. The van der Waals surface area contributed by atoms with Gasteiger partial charge in [-0.05, 0) is 39.8 Å². The number of nitrogens with zero attached hydrogens (tertiary/aromatic N) is 1. The van der Waals surface area contributed by atoms with Gasteiger partial charge in [-0.25, -0.2) is 8.42 Å². The van der Waals surface area contributed by atoms with Crippen LogP contribution in [0.5, 0.6) is 0 Å². The van der Waals surface area contributed by atoms with Crippen LogP contribution in [0.1, 0.15) is 38.1 Å². The van der Waals surface area contributed by atoms with Crippen molar-refractivity contribution in [2.45, 2.75) is 49.9 Å². The van der Waals surface area contributed by atoms with E-state index in [1.54, 1.807) is 36.9 Å². The Labute approximate surface area is 132 Å². The number of nitrogens with one attached hydrogen (secondary N) is 1. The zero-order valence-corrected chi connectivity index (χ0v) is 14.4. The molecule has 0 radical (unpaired) electrons. The smallest absolute Gasteiger partial charge is 0.255 e. The van der Waals surface area contributed by atoms with E-state index in [4.69, 9.17) is 0 Å². The van der Waals surface area contributed by atoms with Gasteiger partial charge in [-0.2, -0.15) is 0 Å². The number of sulfone groups is 1. The van der Waals surface area contributed by atoms with Gasteiger partial charge in [0.25, 0.3) is 5.91 Å². The zero-order valence-electron chi connectivity index (χ0n) is 13.5. The minimum atomic E-state index is -3.48. The third-order valence-electron chi connectivity index (χ3n) is 3.89. The van der Waals surface area contributed by atoms with Crippen molar-refractivity contribution in [3.63, 3.8) is 0 Å². The average Bonchev–Trinajstić information content (AvgIpc) is 2.45. The van der Waals surface area contributed by atoms with Crippen LogP contribution in [0.4, 0.5) is 0 Å². The second-order valence-corrected chi connectivity index (χ2v) is 8.74. The van der Waals surface area contributed by atoms with Crippen LogP contribution in [0.15, 0.2) is 29.2 Å². The Morgan fingerprint density at radius 1 is 1.18 bits per heavy atom. The lowest BCUT2D eigenvalue weighted by Crippen LogP contribution is -2.56. The molecule has 5 nitrogen and oxygen atoms in total. The Kier molecular flexibility index (Phi) is 4.92. The van der Waals surface area contributed by atoms with Gasteiger partial charge in [0.2, 0.25) is 0 Å². The van der Waals surface area contributed by atoms with Crippen LogP contribution in [0, 0.1) is 0 Å². The van der Waals surface area contributed by atoms with E-state index in [2.05, 4.69) is 5.32 Å². The molecule has 1 N–H and O–H groups in total. The first kappa shape index (κ1) is 17.0. The first-order valence-electron chi connectivity index (χ1n) is 7.61. The molecule has 0 saturated carbocycles. The largest absolute Gasteiger partial charge is 0.336 e. The minimum absolute atomic E-state index is 0.133. The van der Waals surface area contributed by atoms with Crippen molar-refractivity contribution in [1.29, 1.82) is 0 Å². The molecule has 0 spiro atoms. The number of benzene rings is 1. The van der Waals surface area contributed by atoms with E-state index in [1.807, 2.05) is 13.8 Å². The highest BCUT2D eigenvalue weighted by Gasteiger charge is 2.30. The summed E-state index contributed by atoms with van der Waals surface area (Å²) in [6.07, 6.45) is 0. The zero-order chi connectivity index (χ0) is 16.5. The molecule has 1 fully saturated rings. The number of hydrogen-bond acceptors (Lipinski definition) is 4. The highest BCUT2D eigenvalue weighted by atomic mass is 32.2. The van der Waals surface area contributed by atoms with Crippen LogP contribution < -0.4 is 5.32 Å². The van der Waals surface area contributed by atoms with Crippen molar-refractivity contribution in [2.75, 3.05) is 13.1 Å². The highest BCUT2D eigenvalue weighted by molar-refractivity contribution is 7.92. The molecular formula is C16H24N2O3S. The van der Waals surface area contributed by atoms with Crippen molar-refractivity contribution in [3.8, 4) is 0 Å². The fraction of sp³-hybridized carbons (Fsp3) is 0.562. The average molecular weight is 324 g/mol. The lowest BCUT2D eigenvalue weighted by molar-refractivity contribution is 0.0670. The lowest BCUT2D eigenvalue weighted by Gasteiger charge is -2.36. The first-order chi connectivity index (χ1) is 10.2. The summed E-state index contributed by atoms with van der Waals surface area (Å²) in [5.41, 5.74) is 0.275. The second kappa shape index (κ2) is 6.38. The summed E-state index contributed by atoms with van der Waals surface area (Å²) in [4.78, 5) is 14.7. The van der Waals surface area contributed by atoms with E-state index in [0.717, 1.165) is 0 Å². The molecule has 1 aliphatic rings. The van der Waals surface area contributed by atoms with Gasteiger partial charge in [0, 0.05) is 25.2 Å². The highest BCUT2D eigenvalue weighted by Crippen LogP contribution is 2.22. The van der Waals surface area contributed by atoms with Crippen LogP contribution in [0.25, 0.3) is 0 Å². The van der Waals surface area contributed by atoms with E-state index in [-0.39, 0.29) is 28.4 Å². The van der Waals surface area contributed by atoms with Gasteiger partial charge in [-0.15, -0.1) is 0 Å². The second-order valence-electron chi connectivity index (χ2n) is 6.27. The number of carbonyl (C=O) groups excluding carboxylic acids is 1. The predicted octanol–water partition coefficient (Wildman–Crippen LogP) is 1.69. The lowest BCUT2D eigenvalue weighted by atomic mass is 10.1. The summed E-state index contributed by atoms with van der Waals surface area (Å²) >= 11 is 0. The van der Waals surface area contributed by atoms with Gasteiger partial charge in [-0.3, -0.25) is 4.79 Å². The van der Waals surface area contributed by atoms with Crippen molar-refractivity contribution in [1.82, 2.24) is 10.2 Å². The van der Waals surface area contributed by atoms with Gasteiger partial charge >= 0.3 is 0 Å². The molecule has 2 rings (SSSR count). The van der Waals surface area contributed by atoms with Crippen LogP contribution in [0.2, 0.25) is 0 Å². The summed E-state index contributed by atoms with van der Waals surface area (Å²) in [5, 5.41) is 2.81. The maximum absolute atomic E-state index is 12.8. The molecule has 1 aromatic carbocycles. The number of piperazine rings is 1. The summed E-state index contributed by atoms with van der Waals surface area (Å²) in [6.45, 7) is 8.47. The predicted molar refractivity (Wildman–Crippen MR) is 86.7 cm³/mol. The normalized spacial score (nSPS) is 22.9. The molecule has 0 unspecified atom stereocenters. The fourth-order valence-electron chi connectivity index (χ4n) is 2.81. The van der Waals surface area contributed by atoms with Crippen molar-refractivity contribution in [3.05, 3.63) is 29.8 Å². The summed E-state index contributed by atoms with van der Waals surface area (Å²) in [7, 11) is -3.48. The fourth-order valence-corrected chi connectivity index (χ4v) is 4.05. The number of carbonyl (C=O) groups is 1. The molecule has 122 valence electrons. The van der Waals surface area contributed by atoms with Gasteiger partial charge in [0.1, 0.15) is 0 Å². The monoisotopic (exact) mass is 324 g/mol. The molecule has 0 aliphatic carbocycles. The molecule has 1 saturated heterocycles. The van der Waals surface area contributed by atoms with E-state index in [0.29, 0.717) is 13.1 Å². The molecule has 1 heterocycles. The maximum Gasteiger partial charge on any atom is 0.255 e. The van der Waals surface area contributed by atoms with Gasteiger partial charge in [0.05, 0.1) is 15.7 Å². The molecule has 0 aromatic heterocycles. The molecule has 1 amide bonds. The molecule has 2 atom stereocenters. The van der Waals surface area contributed by atoms with Crippen molar-refractivity contribution >= 4 is 15.7 Å². The molecular weight excluding hydrogens is 300 g/mol. The standard InChI is InChI=1S/C16H24N2O3S/c1-11(2)22(20,21)15-8-6-5-7-14(15)16(19)18-9-12(3)17-13(4)10-18/h5-8,11-13,17H,9-10H2,1-4H3/t12-,13-/m1/s1. The number of amides is 1. The van der Waals surface area contributed by atoms with E-state index in [1.165, 1.54) is 6.07 Å². The van der Waals surface area contributed by atoms with E-state index < -0.39 is 15.1 Å². The summed E-state index contributed by atoms with van der Waals surface area (Å²) < 4.78 is 25.0. The topological polar surface area (TPSA) is 66.5 Å². The Morgan fingerprint density at radius 2 is 1.73 bits per heavy atom. The van der Waals surface area contributed by atoms with Gasteiger partial charge in [0.15, 0.2) is 9.84 Å². The maximum atomic E-state index is 12.8. The third-order valence-corrected chi connectivity index (χ3v) is 6.10. The molecule has 6 heteroatoms. The van der Waals surface area contributed by atoms with Gasteiger partial charge < -0.3 is 10.2 Å². The Hall–Kier alpha value is -1.40. The van der Waals surface area contributed by atoms with Crippen LogP contribution in [-0.4, -0.2) is 49.6 Å². The van der Waals surface area contributed by atoms with E-state index in [9.17, 15) is 13.2 Å². The number of hydrogen-bond donors (Lipinski definition) is 1. The van der Waals surface area contributed by atoms with Crippen LogP contribution >= 0.6 is 0 Å².